The van der Waals surface area contributed by atoms with Crippen molar-refractivity contribution < 1.29 is 19.9 Å². The summed E-state index contributed by atoms with van der Waals surface area (Å²) in [4.78, 5) is 22.0. The lowest BCUT2D eigenvalue weighted by molar-refractivity contribution is -0.524. The van der Waals surface area contributed by atoms with E-state index >= 15 is 0 Å². The Kier molecular flexibility index (Phi) is 8.27. The maximum atomic E-state index is 11.2. The van der Waals surface area contributed by atoms with Crippen LogP contribution in [0.3, 0.4) is 0 Å². The summed E-state index contributed by atoms with van der Waals surface area (Å²) in [5.74, 6) is -1.78. The molecule has 0 aromatic rings. The molecule has 0 aliphatic heterocycles. The van der Waals surface area contributed by atoms with Crippen molar-refractivity contribution in [3.8, 4) is 0 Å². The van der Waals surface area contributed by atoms with Gasteiger partial charge in [0, 0.05) is 17.8 Å². The van der Waals surface area contributed by atoms with Crippen molar-refractivity contribution in [2.75, 3.05) is 0 Å². The molecule has 0 saturated heterocycles. The van der Waals surface area contributed by atoms with Crippen molar-refractivity contribution in [1.29, 1.82) is 0 Å². The van der Waals surface area contributed by atoms with Crippen LogP contribution >= 0.6 is 0 Å². The maximum absolute atomic E-state index is 11.2. The first-order chi connectivity index (χ1) is 10.0. The fourth-order valence-corrected chi connectivity index (χ4v) is 3.03. The molecular weight excluding hydrogens is 274 g/mol. The predicted molar refractivity (Wildman–Crippen MR) is 78.7 cm³/mol. The van der Waals surface area contributed by atoms with E-state index in [-0.39, 0.29) is 17.8 Å². The Bertz CT molecular complexity index is 334. The van der Waals surface area contributed by atoms with E-state index in [1.54, 1.807) is 0 Å². The molecule has 3 atom stereocenters. The van der Waals surface area contributed by atoms with Crippen LogP contribution in [0, 0.1) is 16.0 Å². The highest BCUT2D eigenvalue weighted by Gasteiger charge is 2.29. The van der Waals surface area contributed by atoms with E-state index in [0.717, 1.165) is 44.9 Å². The lowest BCUT2D eigenvalue weighted by Crippen LogP contribution is -2.30. The molecule has 0 aromatic carbocycles. The van der Waals surface area contributed by atoms with Crippen LogP contribution in [0.1, 0.15) is 70.6 Å². The van der Waals surface area contributed by atoms with Gasteiger partial charge in [-0.15, -0.1) is 0 Å². The lowest BCUT2D eigenvalue weighted by atomic mass is 9.90. The first kappa shape index (κ1) is 17.9. The maximum Gasteiger partial charge on any atom is 0.309 e. The number of aliphatic carboxylic acids is 1. The first-order valence-electron chi connectivity index (χ1n) is 8.06. The molecule has 1 aliphatic carbocycles. The number of aliphatic hydroxyl groups excluding tert-OH is 1. The molecule has 0 spiro atoms. The Morgan fingerprint density at radius 3 is 1.95 bits per heavy atom. The average Bonchev–Trinajstić information content (AvgIpc) is 2.42. The van der Waals surface area contributed by atoms with Crippen LogP contribution in [0.4, 0.5) is 0 Å². The molecule has 3 unspecified atom stereocenters. The Morgan fingerprint density at radius 1 is 0.905 bits per heavy atom. The number of hydrogen-bond donors (Lipinski definition) is 2. The van der Waals surface area contributed by atoms with Gasteiger partial charge in [0.05, 0.1) is 12.0 Å². The zero-order valence-electron chi connectivity index (χ0n) is 12.6. The van der Waals surface area contributed by atoms with Crippen LogP contribution in [0.2, 0.25) is 0 Å². The molecule has 0 amide bonds. The standard InChI is InChI=1S/C15H27NO5/c17-14-11-10-12(16(20)21)8-6-4-2-1-3-5-7-9-13(14)15(18)19/h12-14,17H,1-11H2,(H,18,19). The Balaban J connectivity index is 2.62. The predicted octanol–water partition coefficient (Wildman–Crippen LogP) is 3.00. The fourth-order valence-electron chi connectivity index (χ4n) is 3.03. The van der Waals surface area contributed by atoms with Crippen molar-refractivity contribution >= 4 is 5.97 Å². The molecule has 0 aromatic heterocycles. The minimum atomic E-state index is -0.993. The fraction of sp³-hybridized carbons (Fsp3) is 0.933. The molecule has 1 fully saturated rings. The summed E-state index contributed by atoms with van der Waals surface area (Å²) in [6, 6.07) is -0.656. The van der Waals surface area contributed by atoms with Gasteiger partial charge < -0.3 is 10.2 Å². The number of rotatable bonds is 2. The van der Waals surface area contributed by atoms with Gasteiger partial charge in [0.1, 0.15) is 0 Å². The van der Waals surface area contributed by atoms with Crippen molar-refractivity contribution in [2.24, 2.45) is 5.92 Å². The molecule has 6 nitrogen and oxygen atoms in total. The average molecular weight is 301 g/mol. The molecule has 1 saturated carbocycles. The summed E-state index contributed by atoms with van der Waals surface area (Å²) in [6.45, 7) is 0. The summed E-state index contributed by atoms with van der Waals surface area (Å²) in [6.07, 6.45) is 7.38. The van der Waals surface area contributed by atoms with Crippen LogP contribution in [0.15, 0.2) is 0 Å². The van der Waals surface area contributed by atoms with Gasteiger partial charge in [0.2, 0.25) is 6.04 Å². The summed E-state index contributed by atoms with van der Waals surface area (Å²) in [7, 11) is 0. The number of nitro groups is 1. The quantitative estimate of drug-likeness (QED) is 0.603. The van der Waals surface area contributed by atoms with E-state index in [1.165, 1.54) is 0 Å². The van der Waals surface area contributed by atoms with Gasteiger partial charge in [-0.3, -0.25) is 14.9 Å². The van der Waals surface area contributed by atoms with Gasteiger partial charge in [-0.05, 0) is 19.3 Å². The van der Waals surface area contributed by atoms with E-state index < -0.39 is 24.0 Å². The number of carboxylic acid groups (broad SMARTS) is 1. The lowest BCUT2D eigenvalue weighted by Gasteiger charge is -2.20. The molecule has 0 radical (unpaired) electrons. The van der Waals surface area contributed by atoms with E-state index in [2.05, 4.69) is 0 Å². The highest BCUT2D eigenvalue weighted by atomic mass is 16.6. The second-order valence-corrected chi connectivity index (χ2v) is 6.08. The molecule has 1 rings (SSSR count). The number of carbonyl (C=O) groups is 1. The monoisotopic (exact) mass is 301 g/mol. The van der Waals surface area contributed by atoms with Gasteiger partial charge in [-0.1, -0.05) is 38.5 Å². The number of nitrogens with zero attached hydrogens (tertiary/aromatic N) is 1. The van der Waals surface area contributed by atoms with Crippen molar-refractivity contribution in [3.05, 3.63) is 10.1 Å². The molecule has 1 aliphatic rings. The minimum Gasteiger partial charge on any atom is -0.481 e. The molecule has 6 heteroatoms. The molecule has 0 bridgehead atoms. The largest absolute Gasteiger partial charge is 0.481 e. The zero-order chi connectivity index (χ0) is 15.7. The van der Waals surface area contributed by atoms with Crippen molar-refractivity contribution in [2.45, 2.75) is 82.8 Å². The van der Waals surface area contributed by atoms with Crippen molar-refractivity contribution in [1.82, 2.24) is 0 Å². The Morgan fingerprint density at radius 2 is 1.43 bits per heavy atom. The SMILES string of the molecule is O=C(O)C1CCCCCCCCCC([N+](=O)[O-])CCC1O. The van der Waals surface area contributed by atoms with E-state index in [4.69, 9.17) is 0 Å². The molecular formula is C15H27NO5. The van der Waals surface area contributed by atoms with Gasteiger partial charge in [-0.25, -0.2) is 0 Å². The summed E-state index contributed by atoms with van der Waals surface area (Å²) in [5.41, 5.74) is 0. The number of carboxylic acids is 1. The van der Waals surface area contributed by atoms with Crippen LogP contribution in [-0.4, -0.2) is 33.3 Å². The molecule has 122 valence electrons. The van der Waals surface area contributed by atoms with Gasteiger partial charge in [0.25, 0.3) is 0 Å². The normalized spacial score (nSPS) is 30.2. The van der Waals surface area contributed by atoms with Crippen LogP contribution < -0.4 is 0 Å². The third-order valence-corrected chi connectivity index (χ3v) is 4.43. The smallest absolute Gasteiger partial charge is 0.309 e. The van der Waals surface area contributed by atoms with E-state index in [1.807, 2.05) is 0 Å². The van der Waals surface area contributed by atoms with Crippen LogP contribution in [-0.2, 0) is 4.79 Å². The summed E-state index contributed by atoms with van der Waals surface area (Å²) < 4.78 is 0. The van der Waals surface area contributed by atoms with E-state index in [9.17, 15) is 25.1 Å². The van der Waals surface area contributed by atoms with E-state index in [0.29, 0.717) is 12.8 Å². The Hall–Kier alpha value is -1.17. The number of aliphatic hydroxyl groups is 1. The van der Waals surface area contributed by atoms with Gasteiger partial charge in [-0.2, -0.15) is 0 Å². The van der Waals surface area contributed by atoms with Crippen LogP contribution in [0.25, 0.3) is 0 Å². The molecule has 21 heavy (non-hydrogen) atoms. The third kappa shape index (κ3) is 6.89. The van der Waals surface area contributed by atoms with Gasteiger partial charge >= 0.3 is 5.97 Å². The van der Waals surface area contributed by atoms with Crippen LogP contribution in [0.5, 0.6) is 0 Å². The molecule has 0 heterocycles. The minimum absolute atomic E-state index is 0.197. The Labute approximate surface area is 125 Å². The third-order valence-electron chi connectivity index (χ3n) is 4.43. The molecule has 2 N–H and O–H groups in total. The van der Waals surface area contributed by atoms with Gasteiger partial charge in [0.15, 0.2) is 0 Å². The topological polar surface area (TPSA) is 101 Å². The van der Waals surface area contributed by atoms with Crippen molar-refractivity contribution in [3.63, 3.8) is 0 Å². The highest BCUT2D eigenvalue weighted by molar-refractivity contribution is 5.70. The second kappa shape index (κ2) is 9.71. The second-order valence-electron chi connectivity index (χ2n) is 6.08. The summed E-state index contributed by atoms with van der Waals surface area (Å²) in [5, 5.41) is 30.3. The number of hydrogen-bond acceptors (Lipinski definition) is 4. The zero-order valence-corrected chi connectivity index (χ0v) is 12.6. The highest BCUT2D eigenvalue weighted by Crippen LogP contribution is 2.22. The summed E-state index contributed by atoms with van der Waals surface area (Å²) >= 11 is 0. The first-order valence-corrected chi connectivity index (χ1v) is 8.06.